The number of aliphatic carboxylic acids is 1. The molecular weight excluding hydrogens is 294 g/mol. The molecule has 0 saturated carbocycles. The number of carboxylic acids is 1. The van der Waals surface area contributed by atoms with Crippen molar-refractivity contribution in [1.29, 1.82) is 0 Å². The van der Waals surface area contributed by atoms with Crippen LogP contribution in [0, 0.1) is 0 Å². The minimum atomic E-state index is -1.05. The van der Waals surface area contributed by atoms with Gasteiger partial charge in [-0.15, -0.1) is 0 Å². The molecule has 0 spiro atoms. The third-order valence-electron chi connectivity index (χ3n) is 3.03. The maximum atomic E-state index is 12.1. The molecule has 7 heteroatoms. The predicted octanol–water partition coefficient (Wildman–Crippen LogP) is 1.15. The molecule has 21 heavy (non-hydrogen) atoms. The van der Waals surface area contributed by atoms with E-state index in [0.29, 0.717) is 23.7 Å². The molecule has 2 N–H and O–H groups in total. The molecule has 114 valence electrons. The number of ether oxygens (including phenoxy) is 2. The minimum absolute atomic E-state index is 0.0672. The first kappa shape index (κ1) is 15.5. The smallest absolute Gasteiger partial charge is 0.326 e. The molecule has 1 amide bonds. The molecular formula is C14H17NO5S. The Kier molecular flexibility index (Phi) is 5.32. The van der Waals surface area contributed by atoms with Crippen LogP contribution in [0.25, 0.3) is 0 Å². The van der Waals surface area contributed by atoms with E-state index in [2.05, 4.69) is 5.32 Å². The van der Waals surface area contributed by atoms with Crippen molar-refractivity contribution in [2.45, 2.75) is 18.6 Å². The second-order valence-corrected chi connectivity index (χ2v) is 5.53. The van der Waals surface area contributed by atoms with Crippen molar-refractivity contribution in [3.8, 4) is 11.5 Å². The number of rotatable bonds is 6. The van der Waals surface area contributed by atoms with Gasteiger partial charge in [-0.2, -0.15) is 11.8 Å². The van der Waals surface area contributed by atoms with Gasteiger partial charge in [0, 0.05) is 0 Å². The molecule has 0 bridgehead atoms. The molecule has 1 aromatic rings. The molecule has 0 fully saturated rings. The van der Waals surface area contributed by atoms with Crippen molar-refractivity contribution < 1.29 is 24.2 Å². The zero-order valence-corrected chi connectivity index (χ0v) is 12.4. The van der Waals surface area contributed by atoms with E-state index in [0.717, 1.165) is 0 Å². The van der Waals surface area contributed by atoms with Crippen LogP contribution in [0.3, 0.4) is 0 Å². The van der Waals surface area contributed by atoms with Crippen LogP contribution in [0.5, 0.6) is 11.5 Å². The maximum absolute atomic E-state index is 12.1. The number of amides is 1. The van der Waals surface area contributed by atoms with Crippen LogP contribution in [0.2, 0.25) is 0 Å². The van der Waals surface area contributed by atoms with Gasteiger partial charge >= 0.3 is 5.97 Å². The second kappa shape index (κ2) is 7.21. The molecule has 1 heterocycles. The molecule has 1 unspecified atom stereocenters. The van der Waals surface area contributed by atoms with E-state index in [-0.39, 0.29) is 6.61 Å². The number of carbonyl (C=O) groups is 2. The van der Waals surface area contributed by atoms with Crippen molar-refractivity contribution >= 4 is 23.6 Å². The number of fused-ring (bicyclic) bond motifs is 1. The third kappa shape index (κ3) is 4.04. The van der Waals surface area contributed by atoms with E-state index in [4.69, 9.17) is 14.6 Å². The first-order valence-electron chi connectivity index (χ1n) is 6.52. The number of benzene rings is 1. The number of carbonyl (C=O) groups excluding carboxylic acids is 1. The summed E-state index contributed by atoms with van der Waals surface area (Å²) in [6.45, 7) is 0.0672. The summed E-state index contributed by atoms with van der Waals surface area (Å²) in [7, 11) is 0. The van der Waals surface area contributed by atoms with Crippen molar-refractivity contribution in [3.05, 3.63) is 24.3 Å². The number of carboxylic acid groups (broad SMARTS) is 1. The lowest BCUT2D eigenvalue weighted by Crippen LogP contribution is -2.50. The summed E-state index contributed by atoms with van der Waals surface area (Å²) in [5.41, 5.74) is 0. The van der Waals surface area contributed by atoms with Crippen LogP contribution in [-0.4, -0.2) is 47.7 Å². The molecule has 0 aliphatic carbocycles. The van der Waals surface area contributed by atoms with E-state index in [9.17, 15) is 9.59 Å². The van der Waals surface area contributed by atoms with Crippen LogP contribution in [0.15, 0.2) is 24.3 Å². The van der Waals surface area contributed by atoms with Gasteiger partial charge in [0.1, 0.15) is 12.6 Å². The quantitative estimate of drug-likeness (QED) is 0.820. The summed E-state index contributed by atoms with van der Waals surface area (Å²) in [5, 5.41) is 11.6. The molecule has 6 nitrogen and oxygen atoms in total. The molecule has 2 rings (SSSR count). The summed E-state index contributed by atoms with van der Waals surface area (Å²) in [5.74, 6) is 0.202. The standard InChI is InChI=1S/C14H17NO5S/c1-21-7-6-9(14(17)18)15-13(16)12-8-19-10-4-2-3-5-11(10)20-12/h2-5,9,12H,6-8H2,1H3,(H,15,16)(H,17,18)/t9-,12?/m1/s1. The van der Waals surface area contributed by atoms with Gasteiger partial charge in [-0.1, -0.05) is 12.1 Å². The first-order chi connectivity index (χ1) is 10.1. The van der Waals surface area contributed by atoms with Gasteiger partial charge in [-0.25, -0.2) is 4.79 Å². The summed E-state index contributed by atoms with van der Waals surface area (Å²) in [4.78, 5) is 23.2. The van der Waals surface area contributed by atoms with Gasteiger partial charge in [-0.3, -0.25) is 4.79 Å². The van der Waals surface area contributed by atoms with Gasteiger partial charge in [-0.05, 0) is 30.6 Å². The topological polar surface area (TPSA) is 84.9 Å². The number of hydrogen-bond donors (Lipinski definition) is 2. The molecule has 1 aromatic carbocycles. The van der Waals surface area contributed by atoms with Gasteiger partial charge in [0.15, 0.2) is 11.5 Å². The van der Waals surface area contributed by atoms with Gasteiger partial charge in [0.2, 0.25) is 6.10 Å². The van der Waals surface area contributed by atoms with Gasteiger partial charge < -0.3 is 19.9 Å². The van der Waals surface area contributed by atoms with Crippen LogP contribution in [0.1, 0.15) is 6.42 Å². The lowest BCUT2D eigenvalue weighted by Gasteiger charge is -2.26. The third-order valence-corrected chi connectivity index (χ3v) is 3.67. The van der Waals surface area contributed by atoms with E-state index < -0.39 is 24.0 Å². The average molecular weight is 311 g/mol. The Labute approximate surface area is 126 Å². The first-order valence-corrected chi connectivity index (χ1v) is 7.92. The summed E-state index contributed by atoms with van der Waals surface area (Å²) in [6.07, 6.45) is 1.42. The van der Waals surface area contributed by atoms with Crippen LogP contribution in [0.4, 0.5) is 0 Å². The van der Waals surface area contributed by atoms with Gasteiger partial charge in [0.25, 0.3) is 5.91 Å². The van der Waals surface area contributed by atoms with Gasteiger partial charge in [0.05, 0.1) is 0 Å². The highest BCUT2D eigenvalue weighted by Gasteiger charge is 2.30. The molecule has 0 aromatic heterocycles. The average Bonchev–Trinajstić information content (AvgIpc) is 2.50. The van der Waals surface area contributed by atoms with E-state index in [1.807, 2.05) is 12.3 Å². The fourth-order valence-electron chi connectivity index (χ4n) is 1.91. The Morgan fingerprint density at radius 2 is 2.14 bits per heavy atom. The Morgan fingerprint density at radius 1 is 1.43 bits per heavy atom. The minimum Gasteiger partial charge on any atom is -0.485 e. The number of hydrogen-bond acceptors (Lipinski definition) is 5. The number of thioether (sulfide) groups is 1. The van der Waals surface area contributed by atoms with E-state index in [1.54, 1.807) is 18.2 Å². The molecule has 2 atom stereocenters. The van der Waals surface area contributed by atoms with E-state index >= 15 is 0 Å². The molecule has 0 saturated heterocycles. The lowest BCUT2D eigenvalue weighted by atomic mass is 10.2. The summed E-state index contributed by atoms with van der Waals surface area (Å²) >= 11 is 1.53. The fraction of sp³-hybridized carbons (Fsp3) is 0.429. The number of para-hydroxylation sites is 2. The van der Waals surface area contributed by atoms with E-state index in [1.165, 1.54) is 11.8 Å². The Morgan fingerprint density at radius 3 is 2.81 bits per heavy atom. The fourth-order valence-corrected chi connectivity index (χ4v) is 2.38. The largest absolute Gasteiger partial charge is 0.485 e. The number of nitrogens with one attached hydrogen (secondary N) is 1. The molecule has 1 aliphatic rings. The maximum Gasteiger partial charge on any atom is 0.326 e. The van der Waals surface area contributed by atoms with Crippen molar-refractivity contribution in [2.24, 2.45) is 0 Å². The Hall–Kier alpha value is -1.89. The SMILES string of the molecule is CSCC[C@@H](NC(=O)C1COc2ccccc2O1)C(=O)O. The molecule has 0 radical (unpaired) electrons. The summed E-state index contributed by atoms with van der Waals surface area (Å²) in [6, 6.07) is 6.14. The highest BCUT2D eigenvalue weighted by Crippen LogP contribution is 2.30. The highest BCUT2D eigenvalue weighted by molar-refractivity contribution is 7.98. The second-order valence-electron chi connectivity index (χ2n) is 4.55. The zero-order valence-electron chi connectivity index (χ0n) is 11.6. The van der Waals surface area contributed by atoms with Crippen LogP contribution >= 0.6 is 11.8 Å². The predicted molar refractivity (Wildman–Crippen MR) is 78.9 cm³/mol. The normalized spacial score (nSPS) is 17.9. The highest BCUT2D eigenvalue weighted by atomic mass is 32.2. The zero-order chi connectivity index (χ0) is 15.2. The van der Waals surface area contributed by atoms with Crippen molar-refractivity contribution in [2.75, 3.05) is 18.6 Å². The van der Waals surface area contributed by atoms with Crippen LogP contribution in [-0.2, 0) is 9.59 Å². The van der Waals surface area contributed by atoms with Crippen molar-refractivity contribution in [1.82, 2.24) is 5.32 Å². The molecule has 1 aliphatic heterocycles. The monoisotopic (exact) mass is 311 g/mol. The lowest BCUT2D eigenvalue weighted by molar-refractivity contribution is -0.143. The summed E-state index contributed by atoms with van der Waals surface area (Å²) < 4.78 is 11.0. The van der Waals surface area contributed by atoms with Crippen LogP contribution < -0.4 is 14.8 Å². The Bertz CT molecular complexity index is 522. The van der Waals surface area contributed by atoms with Crippen molar-refractivity contribution in [3.63, 3.8) is 0 Å². The Balaban J connectivity index is 1.96.